The molecule has 0 bridgehead atoms. The van der Waals surface area contributed by atoms with Crippen molar-refractivity contribution in [3.63, 3.8) is 0 Å². The van der Waals surface area contributed by atoms with E-state index in [1.54, 1.807) is 24.3 Å². The highest BCUT2D eigenvalue weighted by molar-refractivity contribution is 7.98. The quantitative estimate of drug-likeness (QED) is 0.300. The van der Waals surface area contributed by atoms with Crippen LogP contribution in [0.4, 0.5) is 5.69 Å². The number of rotatable bonds is 11. The van der Waals surface area contributed by atoms with Crippen LogP contribution in [0.15, 0.2) is 59.6 Å². The summed E-state index contributed by atoms with van der Waals surface area (Å²) in [4.78, 5) is 59.4. The van der Waals surface area contributed by atoms with E-state index < -0.39 is 48.0 Å². The molecule has 1 aliphatic rings. The number of carboxylic acid groups (broad SMARTS) is 1. The number of benzene rings is 2. The number of nitrogens with zero attached hydrogens (tertiary/aromatic N) is 3. The van der Waals surface area contributed by atoms with Crippen LogP contribution in [-0.2, 0) is 19.2 Å². The Labute approximate surface area is 237 Å². The van der Waals surface area contributed by atoms with E-state index in [1.165, 1.54) is 30.6 Å². The molecule has 2 aromatic rings. The van der Waals surface area contributed by atoms with Gasteiger partial charge in [-0.1, -0.05) is 48.5 Å². The zero-order valence-electron chi connectivity index (χ0n) is 22.0. The van der Waals surface area contributed by atoms with Crippen LogP contribution in [0, 0.1) is 0 Å². The van der Waals surface area contributed by atoms with Crippen LogP contribution in [0.25, 0.3) is 0 Å². The van der Waals surface area contributed by atoms with E-state index in [0.29, 0.717) is 28.3 Å². The minimum absolute atomic E-state index is 0.0650. The van der Waals surface area contributed by atoms with E-state index >= 15 is 0 Å². The van der Waals surface area contributed by atoms with Crippen LogP contribution < -0.4 is 16.0 Å². The molecule has 12 heteroatoms. The molecule has 0 aliphatic carbocycles. The number of benzodiazepines with no additional fused rings is 1. The van der Waals surface area contributed by atoms with E-state index in [-0.39, 0.29) is 12.2 Å². The number of nitrogens with two attached hydrogens (primary N) is 1. The van der Waals surface area contributed by atoms with Crippen LogP contribution >= 0.6 is 24.4 Å². The highest BCUT2D eigenvalue weighted by atomic mass is 32.2. The number of likely N-dealkylation sites (N-methyl/N-ethyl adjacent to an activating group) is 1. The molecule has 0 spiro atoms. The van der Waals surface area contributed by atoms with Crippen molar-refractivity contribution >= 4 is 59.5 Å². The van der Waals surface area contributed by atoms with Gasteiger partial charge in [-0.05, 0) is 31.4 Å². The number of hydrogen-bond acceptors (Lipinski definition) is 8. The summed E-state index contributed by atoms with van der Waals surface area (Å²) in [7, 11) is 1.43. The van der Waals surface area contributed by atoms with E-state index in [0.717, 1.165) is 4.90 Å². The first-order valence-corrected chi connectivity index (χ1v) is 14.3. The van der Waals surface area contributed by atoms with E-state index in [2.05, 4.69) is 17.9 Å². The van der Waals surface area contributed by atoms with Crippen molar-refractivity contribution in [2.24, 2.45) is 10.7 Å². The molecule has 2 aromatic carbocycles. The number of aliphatic carboxylic acids is 1. The molecule has 0 saturated carbocycles. The van der Waals surface area contributed by atoms with E-state index in [1.807, 2.05) is 36.6 Å². The van der Waals surface area contributed by atoms with Gasteiger partial charge in [0.15, 0.2) is 0 Å². The summed E-state index contributed by atoms with van der Waals surface area (Å²) >= 11 is 5.57. The topological polar surface area (TPSA) is 145 Å². The number of nitrogens with one attached hydrogen (secondary N) is 1. The van der Waals surface area contributed by atoms with Gasteiger partial charge in [-0.15, -0.1) is 0 Å². The number of para-hydroxylation sites is 1. The van der Waals surface area contributed by atoms with Gasteiger partial charge in [-0.2, -0.15) is 24.4 Å². The highest BCUT2D eigenvalue weighted by Crippen LogP contribution is 2.29. The molecule has 208 valence electrons. The lowest BCUT2D eigenvalue weighted by Gasteiger charge is -2.31. The molecule has 1 heterocycles. The number of aliphatic imine (C=N–C) groups is 1. The Kier molecular flexibility index (Phi) is 10.2. The average molecular weight is 572 g/mol. The molecule has 39 heavy (non-hydrogen) atoms. The SMILES string of the molecule is CSCC[C@](C)(NC(=O)CN1C(=O)C(N(C)C(=O)C(N)CS)N=C(c2ccccc2)c2ccccc21)C(=O)O. The van der Waals surface area contributed by atoms with Crippen LogP contribution in [0.2, 0.25) is 0 Å². The molecule has 3 atom stereocenters. The van der Waals surface area contributed by atoms with E-state index in [9.17, 15) is 24.3 Å². The minimum atomic E-state index is -1.52. The standard InChI is InChI=1S/C27H33N5O5S2/c1-27(26(36)37,13-14-39-3)30-21(33)15-32-20-12-8-7-11-18(20)22(17-9-5-4-6-10-17)29-23(25(32)35)31(2)24(34)19(28)16-38/h4-12,19,23,38H,13-16,28H2,1-3H3,(H,30,33)(H,36,37)/t19?,23?,27-/m0/s1. The summed E-state index contributed by atoms with van der Waals surface area (Å²) in [5.74, 6) is -2.42. The van der Waals surface area contributed by atoms with Crippen molar-refractivity contribution in [1.82, 2.24) is 10.2 Å². The molecule has 10 nitrogen and oxygen atoms in total. The number of carboxylic acids is 1. The van der Waals surface area contributed by atoms with Crippen LogP contribution in [0.5, 0.6) is 0 Å². The molecule has 3 amide bonds. The fraction of sp³-hybridized carbons (Fsp3) is 0.370. The number of anilines is 1. The molecule has 3 rings (SSSR count). The molecule has 0 saturated heterocycles. The fourth-order valence-electron chi connectivity index (χ4n) is 4.14. The maximum atomic E-state index is 14.0. The van der Waals surface area contributed by atoms with Gasteiger partial charge < -0.3 is 21.1 Å². The van der Waals surface area contributed by atoms with Gasteiger partial charge in [-0.3, -0.25) is 19.3 Å². The summed E-state index contributed by atoms with van der Waals surface area (Å²) in [6, 6.07) is 15.2. The lowest BCUT2D eigenvalue weighted by atomic mass is 9.99. The monoisotopic (exact) mass is 571 g/mol. The van der Waals surface area contributed by atoms with Crippen LogP contribution in [0.1, 0.15) is 24.5 Å². The van der Waals surface area contributed by atoms with Crippen LogP contribution in [-0.4, -0.2) is 88.5 Å². The van der Waals surface area contributed by atoms with Gasteiger partial charge in [0.1, 0.15) is 12.1 Å². The summed E-state index contributed by atoms with van der Waals surface area (Å²) in [6.45, 7) is 0.957. The fourth-order valence-corrected chi connectivity index (χ4v) is 4.90. The Balaban J connectivity index is 2.09. The van der Waals surface area contributed by atoms with Crippen molar-refractivity contribution < 1.29 is 24.3 Å². The predicted octanol–water partition coefficient (Wildman–Crippen LogP) is 1.62. The third kappa shape index (κ3) is 6.81. The number of carbonyl (C=O) groups is 4. The Morgan fingerprint density at radius 3 is 2.46 bits per heavy atom. The molecular weight excluding hydrogens is 538 g/mol. The number of hydrogen-bond donors (Lipinski definition) is 4. The predicted molar refractivity (Wildman–Crippen MR) is 156 cm³/mol. The van der Waals surface area contributed by atoms with Crippen molar-refractivity contribution in [2.75, 3.05) is 36.3 Å². The second kappa shape index (κ2) is 13.1. The molecular formula is C27H33N5O5S2. The summed E-state index contributed by atoms with van der Waals surface area (Å²) in [6.07, 6.45) is 0.711. The second-order valence-electron chi connectivity index (χ2n) is 9.33. The molecule has 0 fully saturated rings. The van der Waals surface area contributed by atoms with Gasteiger partial charge in [0.2, 0.25) is 18.0 Å². The number of amides is 3. The largest absolute Gasteiger partial charge is 0.480 e. The number of thiol groups is 1. The minimum Gasteiger partial charge on any atom is -0.480 e. The Morgan fingerprint density at radius 1 is 1.21 bits per heavy atom. The Bertz CT molecular complexity index is 1260. The Morgan fingerprint density at radius 2 is 1.85 bits per heavy atom. The lowest BCUT2D eigenvalue weighted by Crippen LogP contribution is -2.57. The first kappa shape index (κ1) is 30.2. The average Bonchev–Trinajstić information content (AvgIpc) is 3.05. The third-order valence-electron chi connectivity index (χ3n) is 6.46. The lowest BCUT2D eigenvalue weighted by molar-refractivity contribution is -0.146. The molecule has 1 aliphatic heterocycles. The van der Waals surface area contributed by atoms with Gasteiger partial charge in [-0.25, -0.2) is 9.79 Å². The maximum Gasteiger partial charge on any atom is 0.329 e. The maximum absolute atomic E-state index is 14.0. The van der Waals surface area contributed by atoms with Crippen molar-refractivity contribution in [1.29, 1.82) is 0 Å². The Hall–Kier alpha value is -3.35. The van der Waals surface area contributed by atoms with Crippen molar-refractivity contribution in [2.45, 2.75) is 31.1 Å². The number of fused-ring (bicyclic) bond motifs is 1. The normalized spacial score (nSPS) is 17.3. The molecule has 4 N–H and O–H groups in total. The van der Waals surface area contributed by atoms with Gasteiger partial charge in [0, 0.05) is 23.9 Å². The first-order valence-electron chi connectivity index (χ1n) is 12.2. The summed E-state index contributed by atoms with van der Waals surface area (Å²) in [5, 5.41) is 12.4. The number of thioether (sulfide) groups is 1. The van der Waals surface area contributed by atoms with Gasteiger partial charge in [0.05, 0.1) is 17.4 Å². The molecule has 0 radical (unpaired) electrons. The van der Waals surface area contributed by atoms with Crippen molar-refractivity contribution in [3.05, 3.63) is 65.7 Å². The molecule has 2 unspecified atom stereocenters. The van der Waals surface area contributed by atoms with Crippen molar-refractivity contribution in [3.8, 4) is 0 Å². The van der Waals surface area contributed by atoms with E-state index in [4.69, 9.17) is 10.7 Å². The van der Waals surface area contributed by atoms with Crippen LogP contribution in [0.3, 0.4) is 0 Å². The summed E-state index contributed by atoms with van der Waals surface area (Å²) < 4.78 is 0. The summed E-state index contributed by atoms with van der Waals surface area (Å²) in [5.41, 5.74) is 6.56. The molecule has 0 aromatic heterocycles. The second-order valence-corrected chi connectivity index (χ2v) is 10.7. The third-order valence-corrected chi connectivity index (χ3v) is 7.46. The van der Waals surface area contributed by atoms with Gasteiger partial charge >= 0.3 is 5.97 Å². The highest BCUT2D eigenvalue weighted by Gasteiger charge is 2.40. The number of carbonyl (C=O) groups excluding carboxylic acids is 3. The smallest absolute Gasteiger partial charge is 0.329 e. The zero-order valence-corrected chi connectivity index (χ0v) is 23.7. The first-order chi connectivity index (χ1) is 18.5. The van der Waals surface area contributed by atoms with Gasteiger partial charge in [0.25, 0.3) is 5.91 Å². The zero-order chi connectivity index (χ0) is 28.7.